The van der Waals surface area contributed by atoms with Crippen molar-refractivity contribution in [3.8, 4) is 11.1 Å². The molecule has 2 aromatic heterocycles. The van der Waals surface area contributed by atoms with Gasteiger partial charge >= 0.3 is 12.1 Å². The summed E-state index contributed by atoms with van der Waals surface area (Å²) in [7, 11) is 0. The zero-order valence-electron chi connectivity index (χ0n) is 18.4. The molecule has 1 fully saturated rings. The number of amides is 3. The molecule has 0 spiro atoms. The van der Waals surface area contributed by atoms with E-state index in [2.05, 4.69) is 20.6 Å². The van der Waals surface area contributed by atoms with Gasteiger partial charge in [0.05, 0.1) is 31.5 Å². The summed E-state index contributed by atoms with van der Waals surface area (Å²) in [6.07, 6.45) is 3.54. The van der Waals surface area contributed by atoms with Crippen LogP contribution in [0.2, 0.25) is 0 Å². The summed E-state index contributed by atoms with van der Waals surface area (Å²) in [4.78, 5) is 31.0. The third kappa shape index (κ3) is 4.69. The molecule has 35 heavy (non-hydrogen) atoms. The molecule has 3 aromatic rings. The van der Waals surface area contributed by atoms with Crippen LogP contribution in [0.25, 0.3) is 11.1 Å². The Morgan fingerprint density at radius 2 is 2.11 bits per heavy atom. The topological polar surface area (TPSA) is 142 Å². The molecule has 13 heteroatoms. The summed E-state index contributed by atoms with van der Waals surface area (Å²) in [6.45, 7) is 1.40. The van der Waals surface area contributed by atoms with Crippen molar-refractivity contribution in [2.24, 2.45) is 10.8 Å². The fourth-order valence-corrected chi connectivity index (χ4v) is 3.76. The number of hydrazone groups is 1. The van der Waals surface area contributed by atoms with Crippen molar-refractivity contribution >= 4 is 35.9 Å². The van der Waals surface area contributed by atoms with E-state index in [0.717, 1.165) is 5.01 Å². The summed E-state index contributed by atoms with van der Waals surface area (Å²) < 4.78 is 25.3. The van der Waals surface area contributed by atoms with Crippen molar-refractivity contribution in [3.63, 3.8) is 0 Å². The molecule has 0 aliphatic carbocycles. The second-order valence-electron chi connectivity index (χ2n) is 7.83. The standard InChI is InChI=1S/C22H21FN8O4/c23-18-9-15(30-12-16(34-22(30)33)11-26-20-5-6-28-35-20)2-3-17(18)14-1-4-19(25-10-14)29-7-8-31(21(24)32)27-13-29/h1-6,9-10,13,16,26H,7-8,11-12H2,(H2,24,32)/t16-/m0/s1. The van der Waals surface area contributed by atoms with Crippen LogP contribution >= 0.6 is 0 Å². The Morgan fingerprint density at radius 1 is 1.23 bits per heavy atom. The van der Waals surface area contributed by atoms with Gasteiger partial charge in [-0.1, -0.05) is 5.16 Å². The number of nitrogens with zero attached hydrogens (tertiary/aromatic N) is 6. The van der Waals surface area contributed by atoms with Crippen LogP contribution in [0.5, 0.6) is 0 Å². The first-order valence-corrected chi connectivity index (χ1v) is 10.7. The van der Waals surface area contributed by atoms with Gasteiger partial charge in [-0.05, 0) is 30.3 Å². The molecule has 4 heterocycles. The molecule has 3 amide bonds. The molecule has 2 aliphatic heterocycles. The van der Waals surface area contributed by atoms with E-state index in [1.54, 1.807) is 41.4 Å². The van der Waals surface area contributed by atoms with Gasteiger partial charge < -0.3 is 25.2 Å². The number of primary amides is 1. The van der Waals surface area contributed by atoms with Gasteiger partial charge in [0.15, 0.2) is 0 Å². The van der Waals surface area contributed by atoms with E-state index in [1.165, 1.54) is 23.5 Å². The highest BCUT2D eigenvalue weighted by atomic mass is 19.1. The third-order valence-corrected chi connectivity index (χ3v) is 5.57. The second kappa shape index (κ2) is 9.29. The number of rotatable bonds is 6. The molecule has 0 saturated carbocycles. The lowest BCUT2D eigenvalue weighted by atomic mass is 10.1. The van der Waals surface area contributed by atoms with Gasteiger partial charge in [0, 0.05) is 29.9 Å². The lowest BCUT2D eigenvalue weighted by Crippen LogP contribution is -2.43. The Balaban J connectivity index is 1.25. The van der Waals surface area contributed by atoms with Crippen LogP contribution in [0.1, 0.15) is 0 Å². The second-order valence-corrected chi connectivity index (χ2v) is 7.83. The van der Waals surface area contributed by atoms with Gasteiger partial charge in [-0.15, -0.1) is 0 Å². The van der Waals surface area contributed by atoms with E-state index >= 15 is 4.39 Å². The average Bonchev–Trinajstić information content (AvgIpc) is 3.52. The minimum atomic E-state index is -0.621. The molecular weight excluding hydrogens is 459 g/mol. The van der Waals surface area contributed by atoms with E-state index in [9.17, 15) is 9.59 Å². The van der Waals surface area contributed by atoms with Gasteiger partial charge in [-0.2, -0.15) is 5.10 Å². The Bertz CT molecular complexity index is 1250. The highest BCUT2D eigenvalue weighted by Crippen LogP contribution is 2.29. The van der Waals surface area contributed by atoms with Crippen molar-refractivity contribution in [2.45, 2.75) is 6.10 Å². The number of benzene rings is 1. The smallest absolute Gasteiger partial charge is 0.414 e. The number of aromatic nitrogens is 2. The summed E-state index contributed by atoms with van der Waals surface area (Å²) in [5.74, 6) is 0.572. The Kier molecular flexibility index (Phi) is 5.87. The summed E-state index contributed by atoms with van der Waals surface area (Å²) in [6, 6.07) is 9.07. The van der Waals surface area contributed by atoms with Crippen LogP contribution in [0.4, 0.5) is 31.4 Å². The monoisotopic (exact) mass is 480 g/mol. The number of nitrogens with one attached hydrogen (secondary N) is 1. The first-order valence-electron chi connectivity index (χ1n) is 10.7. The fraction of sp³-hybridized carbons (Fsp3) is 0.227. The Hall–Kier alpha value is -4.68. The van der Waals surface area contributed by atoms with Crippen LogP contribution in [-0.4, -0.2) is 65.9 Å². The minimum absolute atomic E-state index is 0.263. The molecule has 180 valence electrons. The minimum Gasteiger partial charge on any atom is -0.442 e. The highest BCUT2D eigenvalue weighted by molar-refractivity contribution is 5.90. The molecule has 2 aliphatic rings. The van der Waals surface area contributed by atoms with Crippen LogP contribution in [0.3, 0.4) is 0 Å². The van der Waals surface area contributed by atoms with Gasteiger partial charge in [-0.3, -0.25) is 4.90 Å². The molecule has 1 atom stereocenters. The molecular formula is C22H21FN8O4. The molecule has 1 aromatic carbocycles. The SMILES string of the molecule is NC(=O)N1CCN(c2ccc(-c3ccc(N4C[C@H](CNc5ccno5)OC4=O)cc3F)cn2)C=N1. The van der Waals surface area contributed by atoms with Crippen molar-refractivity contribution in [1.82, 2.24) is 15.1 Å². The molecule has 1 saturated heterocycles. The molecule has 12 nitrogen and oxygen atoms in total. The van der Waals surface area contributed by atoms with Gasteiger partial charge in [0.2, 0.25) is 5.88 Å². The number of halogens is 1. The number of carbonyl (C=O) groups is 2. The molecule has 0 unspecified atom stereocenters. The lowest BCUT2D eigenvalue weighted by molar-refractivity contribution is 0.146. The van der Waals surface area contributed by atoms with E-state index in [0.29, 0.717) is 48.2 Å². The highest BCUT2D eigenvalue weighted by Gasteiger charge is 2.32. The van der Waals surface area contributed by atoms with Gasteiger partial charge in [0.25, 0.3) is 0 Å². The van der Waals surface area contributed by atoms with E-state index in [1.807, 2.05) is 0 Å². The summed E-state index contributed by atoms with van der Waals surface area (Å²) in [5, 5.41) is 11.7. The number of hydrogen-bond acceptors (Lipinski definition) is 9. The predicted molar refractivity (Wildman–Crippen MR) is 124 cm³/mol. The Morgan fingerprint density at radius 3 is 2.77 bits per heavy atom. The number of urea groups is 1. The van der Waals surface area contributed by atoms with Crippen LogP contribution in [0.15, 0.2) is 58.4 Å². The maximum absolute atomic E-state index is 15.0. The average molecular weight is 480 g/mol. The normalized spacial score (nSPS) is 17.6. The van der Waals surface area contributed by atoms with Crippen molar-refractivity contribution in [3.05, 3.63) is 54.6 Å². The first kappa shape index (κ1) is 22.1. The van der Waals surface area contributed by atoms with Crippen LogP contribution in [0, 0.1) is 5.82 Å². The van der Waals surface area contributed by atoms with Gasteiger partial charge in [0.1, 0.15) is 24.1 Å². The Labute approximate surface area is 198 Å². The zero-order valence-corrected chi connectivity index (χ0v) is 18.4. The zero-order chi connectivity index (χ0) is 24.4. The number of anilines is 3. The van der Waals surface area contributed by atoms with E-state index in [4.69, 9.17) is 15.0 Å². The molecule has 0 radical (unpaired) electrons. The van der Waals surface area contributed by atoms with Crippen molar-refractivity contribution < 1.29 is 23.2 Å². The van der Waals surface area contributed by atoms with Crippen molar-refractivity contribution in [2.75, 3.05) is 41.3 Å². The van der Waals surface area contributed by atoms with Crippen molar-refractivity contribution in [1.29, 1.82) is 0 Å². The van der Waals surface area contributed by atoms with Gasteiger partial charge in [-0.25, -0.2) is 24.0 Å². The van der Waals surface area contributed by atoms with Crippen LogP contribution in [-0.2, 0) is 4.74 Å². The van der Waals surface area contributed by atoms with E-state index in [-0.39, 0.29) is 6.54 Å². The van der Waals surface area contributed by atoms with E-state index < -0.39 is 24.0 Å². The number of cyclic esters (lactones) is 1. The fourth-order valence-electron chi connectivity index (χ4n) is 3.76. The first-order chi connectivity index (χ1) is 17.0. The lowest BCUT2D eigenvalue weighted by Gasteiger charge is -2.26. The number of ether oxygens (including phenoxy) is 1. The number of pyridine rings is 1. The predicted octanol–water partition coefficient (Wildman–Crippen LogP) is 2.46. The number of hydrogen-bond donors (Lipinski definition) is 2. The molecule has 5 rings (SSSR count). The van der Waals surface area contributed by atoms with Crippen LogP contribution < -0.4 is 20.9 Å². The maximum atomic E-state index is 15.0. The maximum Gasteiger partial charge on any atom is 0.414 e. The number of nitrogens with two attached hydrogens (primary N) is 1. The summed E-state index contributed by atoms with van der Waals surface area (Å²) >= 11 is 0. The third-order valence-electron chi connectivity index (χ3n) is 5.57. The largest absolute Gasteiger partial charge is 0.442 e. The quantitative estimate of drug-likeness (QED) is 0.548. The number of carbonyl (C=O) groups excluding carboxylic acids is 2. The molecule has 3 N–H and O–H groups in total. The summed E-state index contributed by atoms with van der Waals surface area (Å²) in [5.41, 5.74) is 6.52. The molecule has 0 bridgehead atoms.